The van der Waals surface area contributed by atoms with Crippen LogP contribution in [0, 0.1) is 0 Å². The van der Waals surface area contributed by atoms with Crippen LogP contribution in [0.2, 0.25) is 0 Å². The molecule has 0 bridgehead atoms. The van der Waals surface area contributed by atoms with E-state index in [-0.39, 0.29) is 11.9 Å². The summed E-state index contributed by atoms with van der Waals surface area (Å²) < 4.78 is 5.55. The molecule has 0 saturated carbocycles. The van der Waals surface area contributed by atoms with E-state index >= 15 is 0 Å². The van der Waals surface area contributed by atoms with Gasteiger partial charge in [0, 0.05) is 18.1 Å². The van der Waals surface area contributed by atoms with Crippen LogP contribution in [0.15, 0.2) is 48.3 Å². The second kappa shape index (κ2) is 4.00. The molecule has 2 rings (SSSR count). The number of ketones is 1. The SMILES string of the molecule is C=CCC1=C[C@]2(O)C[C@H](C(=C)C)OC2=CC1=O. The standard InChI is InChI=1S/C14H16O3/c1-4-5-10-7-14(16)8-12(9(2)3)17-13(14)6-11(10)15/h4,6-7,12,16H,1-2,5,8H2,3H3/t12-,14+/m1/s1. The summed E-state index contributed by atoms with van der Waals surface area (Å²) >= 11 is 0. The smallest absolute Gasteiger partial charge is 0.185 e. The Morgan fingerprint density at radius 1 is 1.76 bits per heavy atom. The van der Waals surface area contributed by atoms with E-state index in [2.05, 4.69) is 13.2 Å². The van der Waals surface area contributed by atoms with Gasteiger partial charge in [-0.1, -0.05) is 12.7 Å². The van der Waals surface area contributed by atoms with Crippen LogP contribution >= 0.6 is 0 Å². The van der Waals surface area contributed by atoms with E-state index in [0.29, 0.717) is 24.2 Å². The maximum absolute atomic E-state index is 11.7. The highest BCUT2D eigenvalue weighted by Crippen LogP contribution is 2.40. The van der Waals surface area contributed by atoms with Crippen LogP contribution in [0.5, 0.6) is 0 Å². The van der Waals surface area contributed by atoms with Gasteiger partial charge in [-0.2, -0.15) is 0 Å². The molecule has 0 amide bonds. The molecule has 0 aromatic rings. The Hall–Kier alpha value is -1.61. The largest absolute Gasteiger partial charge is 0.487 e. The Morgan fingerprint density at radius 3 is 3.06 bits per heavy atom. The molecule has 0 spiro atoms. The number of fused-ring (bicyclic) bond motifs is 1. The van der Waals surface area contributed by atoms with Crippen LogP contribution < -0.4 is 0 Å². The summed E-state index contributed by atoms with van der Waals surface area (Å²) in [5.74, 6) is 0.218. The summed E-state index contributed by atoms with van der Waals surface area (Å²) in [4.78, 5) is 11.7. The Morgan fingerprint density at radius 2 is 2.47 bits per heavy atom. The zero-order valence-corrected chi connectivity index (χ0v) is 9.90. The fourth-order valence-corrected chi connectivity index (χ4v) is 2.13. The minimum atomic E-state index is -1.16. The number of rotatable bonds is 3. The van der Waals surface area contributed by atoms with Crippen molar-refractivity contribution in [3.63, 3.8) is 0 Å². The van der Waals surface area contributed by atoms with E-state index in [0.717, 1.165) is 5.57 Å². The number of carbonyl (C=O) groups is 1. The van der Waals surface area contributed by atoms with Gasteiger partial charge in [0.2, 0.25) is 0 Å². The Kier molecular flexibility index (Phi) is 2.79. The normalized spacial score (nSPS) is 31.2. The average molecular weight is 232 g/mol. The molecule has 0 radical (unpaired) electrons. The first-order chi connectivity index (χ1) is 7.96. The van der Waals surface area contributed by atoms with E-state index < -0.39 is 5.60 Å². The number of carbonyl (C=O) groups excluding carboxylic acids is 1. The zero-order chi connectivity index (χ0) is 12.6. The van der Waals surface area contributed by atoms with Crippen LogP contribution in [-0.2, 0) is 9.53 Å². The fourth-order valence-electron chi connectivity index (χ4n) is 2.13. The third kappa shape index (κ3) is 1.98. The predicted octanol–water partition coefficient (Wildman–Crippen LogP) is 2.05. The minimum absolute atomic E-state index is 0.119. The molecule has 2 atom stereocenters. The van der Waals surface area contributed by atoms with Crippen LogP contribution in [0.3, 0.4) is 0 Å². The topological polar surface area (TPSA) is 46.5 Å². The Balaban J connectivity index is 2.33. The first-order valence-electron chi connectivity index (χ1n) is 5.60. The molecule has 0 aromatic heterocycles. The number of aliphatic hydroxyl groups is 1. The van der Waals surface area contributed by atoms with E-state index in [9.17, 15) is 9.90 Å². The molecular weight excluding hydrogens is 216 g/mol. The highest BCUT2D eigenvalue weighted by Gasteiger charge is 2.45. The maximum Gasteiger partial charge on any atom is 0.185 e. The van der Waals surface area contributed by atoms with Crippen molar-refractivity contribution in [2.75, 3.05) is 0 Å². The zero-order valence-electron chi connectivity index (χ0n) is 9.90. The van der Waals surface area contributed by atoms with Crippen molar-refractivity contribution in [3.05, 3.63) is 48.3 Å². The van der Waals surface area contributed by atoms with Gasteiger partial charge in [-0.25, -0.2) is 0 Å². The van der Waals surface area contributed by atoms with Crippen molar-refractivity contribution in [3.8, 4) is 0 Å². The van der Waals surface area contributed by atoms with Crippen LogP contribution in [-0.4, -0.2) is 22.6 Å². The molecule has 2 aliphatic rings. The summed E-state index contributed by atoms with van der Waals surface area (Å²) in [6, 6.07) is 0. The lowest BCUT2D eigenvalue weighted by atomic mass is 9.86. The third-order valence-corrected chi connectivity index (χ3v) is 3.10. The van der Waals surface area contributed by atoms with Gasteiger partial charge in [-0.05, 0) is 25.0 Å². The van der Waals surface area contributed by atoms with Gasteiger partial charge >= 0.3 is 0 Å². The lowest BCUT2D eigenvalue weighted by molar-refractivity contribution is -0.112. The molecular formula is C14H16O3. The molecule has 17 heavy (non-hydrogen) atoms. The minimum Gasteiger partial charge on any atom is -0.487 e. The number of ether oxygens (including phenoxy) is 1. The van der Waals surface area contributed by atoms with Crippen molar-refractivity contribution in [1.29, 1.82) is 0 Å². The lowest BCUT2D eigenvalue weighted by Crippen LogP contribution is -2.29. The summed E-state index contributed by atoms with van der Waals surface area (Å²) in [6.07, 6.45) is 5.28. The van der Waals surface area contributed by atoms with Crippen molar-refractivity contribution >= 4 is 5.78 Å². The van der Waals surface area contributed by atoms with Gasteiger partial charge in [-0.3, -0.25) is 4.79 Å². The second-order valence-corrected chi connectivity index (χ2v) is 4.62. The molecule has 90 valence electrons. The summed E-state index contributed by atoms with van der Waals surface area (Å²) in [7, 11) is 0. The molecule has 1 aliphatic carbocycles. The van der Waals surface area contributed by atoms with Gasteiger partial charge in [0.05, 0.1) is 0 Å². The fraction of sp³-hybridized carbons (Fsp3) is 0.357. The third-order valence-electron chi connectivity index (χ3n) is 3.10. The Bertz CT molecular complexity index is 456. The van der Waals surface area contributed by atoms with Gasteiger partial charge in [0.15, 0.2) is 5.78 Å². The number of allylic oxidation sites excluding steroid dienone is 3. The molecule has 1 fully saturated rings. The van der Waals surface area contributed by atoms with Gasteiger partial charge in [0.1, 0.15) is 17.5 Å². The number of hydrogen-bond acceptors (Lipinski definition) is 3. The van der Waals surface area contributed by atoms with Crippen LogP contribution in [0.4, 0.5) is 0 Å². The predicted molar refractivity (Wildman–Crippen MR) is 65.2 cm³/mol. The van der Waals surface area contributed by atoms with E-state index in [1.165, 1.54) is 6.08 Å². The van der Waals surface area contributed by atoms with E-state index in [4.69, 9.17) is 4.74 Å². The van der Waals surface area contributed by atoms with Crippen molar-refractivity contribution in [2.45, 2.75) is 31.5 Å². The van der Waals surface area contributed by atoms with Gasteiger partial charge < -0.3 is 9.84 Å². The summed E-state index contributed by atoms with van der Waals surface area (Å²) in [5.41, 5.74) is 0.257. The van der Waals surface area contributed by atoms with Crippen LogP contribution in [0.1, 0.15) is 19.8 Å². The number of hydrogen-bond donors (Lipinski definition) is 1. The second-order valence-electron chi connectivity index (χ2n) is 4.62. The highest BCUT2D eigenvalue weighted by atomic mass is 16.5. The molecule has 3 heteroatoms. The maximum atomic E-state index is 11.7. The van der Waals surface area contributed by atoms with E-state index in [1.807, 2.05) is 6.92 Å². The van der Waals surface area contributed by atoms with Crippen LogP contribution in [0.25, 0.3) is 0 Å². The molecule has 1 saturated heterocycles. The molecule has 3 nitrogen and oxygen atoms in total. The van der Waals surface area contributed by atoms with Crippen molar-refractivity contribution in [1.82, 2.24) is 0 Å². The van der Waals surface area contributed by atoms with E-state index in [1.54, 1.807) is 12.2 Å². The first kappa shape index (κ1) is 11.9. The average Bonchev–Trinajstić information content (AvgIpc) is 2.56. The summed E-state index contributed by atoms with van der Waals surface area (Å²) in [6.45, 7) is 9.26. The van der Waals surface area contributed by atoms with Gasteiger partial charge in [0.25, 0.3) is 0 Å². The molecule has 0 unspecified atom stereocenters. The first-order valence-corrected chi connectivity index (χ1v) is 5.60. The van der Waals surface area contributed by atoms with Crippen molar-refractivity contribution < 1.29 is 14.6 Å². The quantitative estimate of drug-likeness (QED) is 0.757. The highest BCUT2D eigenvalue weighted by molar-refractivity contribution is 6.06. The molecule has 1 aliphatic heterocycles. The molecule has 1 heterocycles. The Labute approximate surface area is 101 Å². The summed E-state index contributed by atoms with van der Waals surface area (Å²) in [5, 5.41) is 10.4. The monoisotopic (exact) mass is 232 g/mol. The van der Waals surface area contributed by atoms with Crippen molar-refractivity contribution in [2.24, 2.45) is 0 Å². The molecule has 1 N–H and O–H groups in total. The van der Waals surface area contributed by atoms with Gasteiger partial charge in [-0.15, -0.1) is 6.58 Å². The lowest BCUT2D eigenvalue weighted by Gasteiger charge is -2.22. The molecule has 0 aromatic carbocycles.